The van der Waals surface area contributed by atoms with E-state index in [2.05, 4.69) is 15.7 Å². The summed E-state index contributed by atoms with van der Waals surface area (Å²) >= 11 is 0. The van der Waals surface area contributed by atoms with Crippen LogP contribution in [-0.4, -0.2) is 41.0 Å². The molecule has 2 bridgehead atoms. The minimum atomic E-state index is -0.734. The van der Waals surface area contributed by atoms with Crippen LogP contribution in [0.2, 0.25) is 0 Å². The van der Waals surface area contributed by atoms with Crippen molar-refractivity contribution < 1.29 is 19.1 Å². The van der Waals surface area contributed by atoms with Gasteiger partial charge in [-0.1, -0.05) is 0 Å². The number of methoxy groups -OCH3 is 1. The molecule has 31 heavy (non-hydrogen) atoms. The minimum Gasteiger partial charge on any atom is -0.497 e. The average Bonchev–Trinajstić information content (AvgIpc) is 3.18. The number of carbonyl (C=O) groups excluding carboxylic acids is 2. The summed E-state index contributed by atoms with van der Waals surface area (Å²) in [5, 5.41) is 10.5. The molecule has 3 aliphatic carbocycles. The number of fused-ring (bicyclic) bond motifs is 3. The van der Waals surface area contributed by atoms with Gasteiger partial charge in [0, 0.05) is 42.8 Å². The molecular weight excluding hydrogens is 396 g/mol. The third-order valence-corrected chi connectivity index (χ3v) is 7.16. The average molecular weight is 425 g/mol. The van der Waals surface area contributed by atoms with Crippen LogP contribution in [0.15, 0.2) is 30.5 Å². The van der Waals surface area contributed by atoms with Gasteiger partial charge >= 0.3 is 0 Å². The molecule has 6 rings (SSSR count). The lowest BCUT2D eigenvalue weighted by atomic mass is 9.60. The molecule has 0 radical (unpaired) electrons. The molecule has 8 nitrogen and oxygen atoms in total. The third kappa shape index (κ3) is 3.43. The van der Waals surface area contributed by atoms with Gasteiger partial charge in [-0.15, -0.1) is 0 Å². The van der Waals surface area contributed by atoms with Gasteiger partial charge in [0.15, 0.2) is 5.72 Å². The number of nitrogens with zero attached hydrogens (tertiary/aromatic N) is 2. The number of carbonyl (C=O) groups is 2. The highest BCUT2D eigenvalue weighted by Crippen LogP contribution is 2.52. The summed E-state index contributed by atoms with van der Waals surface area (Å²) in [6.07, 6.45) is 5.06. The molecule has 2 heterocycles. The van der Waals surface area contributed by atoms with Crippen LogP contribution in [-0.2, 0) is 11.3 Å². The molecule has 1 aromatic heterocycles. The maximum Gasteiger partial charge on any atom is 0.258 e. The number of aromatic nitrogens is 2. The van der Waals surface area contributed by atoms with Crippen LogP contribution in [0.3, 0.4) is 0 Å². The van der Waals surface area contributed by atoms with Crippen molar-refractivity contribution in [3.63, 3.8) is 0 Å². The fourth-order valence-electron chi connectivity index (χ4n) is 5.49. The molecule has 2 N–H and O–H groups in total. The predicted molar refractivity (Wildman–Crippen MR) is 113 cm³/mol. The molecule has 1 spiro atoms. The standard InChI is InChI=1S/C23H28N4O4/c1-14-7-8-25-27(14)10-9-24-21(28)19-11-16-4-3-15(19)13-23(16)26-22(29)18-6-5-17(30-2)12-20(18)31-23/h5-8,12,15-16,19H,3-4,9-11,13H2,1-2H3,(H,24,28)(H,26,29)/t15-,16+,19+,23+/m1/s1. The Bertz CT molecular complexity index is 1020. The van der Waals surface area contributed by atoms with Crippen LogP contribution in [0.25, 0.3) is 0 Å². The van der Waals surface area contributed by atoms with Crippen molar-refractivity contribution in [1.29, 1.82) is 0 Å². The van der Waals surface area contributed by atoms with Gasteiger partial charge in [0.2, 0.25) is 5.91 Å². The molecule has 2 amide bonds. The van der Waals surface area contributed by atoms with E-state index in [1.807, 2.05) is 17.7 Å². The zero-order valence-corrected chi connectivity index (χ0v) is 17.9. The second-order valence-corrected chi connectivity index (χ2v) is 8.88. The van der Waals surface area contributed by atoms with Crippen molar-refractivity contribution in [1.82, 2.24) is 20.4 Å². The summed E-state index contributed by atoms with van der Waals surface area (Å²) in [5.74, 6) is 1.44. The predicted octanol–water partition coefficient (Wildman–Crippen LogP) is 2.27. The molecule has 0 unspecified atom stereocenters. The van der Waals surface area contributed by atoms with E-state index in [1.54, 1.807) is 31.5 Å². The molecule has 164 valence electrons. The number of aryl methyl sites for hydroxylation is 1. The van der Waals surface area contributed by atoms with Crippen LogP contribution < -0.4 is 20.1 Å². The van der Waals surface area contributed by atoms with E-state index >= 15 is 0 Å². The molecule has 0 saturated heterocycles. The van der Waals surface area contributed by atoms with Crippen molar-refractivity contribution in [3.8, 4) is 11.5 Å². The van der Waals surface area contributed by atoms with E-state index < -0.39 is 5.72 Å². The van der Waals surface area contributed by atoms with E-state index in [4.69, 9.17) is 9.47 Å². The molecule has 1 aromatic carbocycles. The minimum absolute atomic E-state index is 0.0460. The van der Waals surface area contributed by atoms with Gasteiger partial charge in [0.05, 0.1) is 19.2 Å². The van der Waals surface area contributed by atoms with Crippen molar-refractivity contribution in [3.05, 3.63) is 41.7 Å². The second kappa shape index (κ2) is 7.59. The van der Waals surface area contributed by atoms with Crippen molar-refractivity contribution in [2.45, 2.75) is 44.9 Å². The van der Waals surface area contributed by atoms with Gasteiger partial charge in [0.1, 0.15) is 11.5 Å². The van der Waals surface area contributed by atoms with Crippen molar-refractivity contribution >= 4 is 11.8 Å². The summed E-state index contributed by atoms with van der Waals surface area (Å²) in [7, 11) is 1.60. The summed E-state index contributed by atoms with van der Waals surface area (Å²) in [6, 6.07) is 7.22. The van der Waals surface area contributed by atoms with E-state index in [0.717, 1.165) is 25.0 Å². The van der Waals surface area contributed by atoms with Crippen LogP contribution in [0.4, 0.5) is 0 Å². The Hall–Kier alpha value is -3.03. The molecule has 2 aromatic rings. The second-order valence-electron chi connectivity index (χ2n) is 8.88. The van der Waals surface area contributed by atoms with Gasteiger partial charge < -0.3 is 20.1 Å². The monoisotopic (exact) mass is 424 g/mol. The Morgan fingerprint density at radius 1 is 1.39 bits per heavy atom. The lowest BCUT2D eigenvalue weighted by molar-refractivity contribution is -0.146. The smallest absolute Gasteiger partial charge is 0.258 e. The van der Waals surface area contributed by atoms with Gasteiger partial charge in [-0.25, -0.2) is 0 Å². The fourth-order valence-corrected chi connectivity index (χ4v) is 5.49. The highest BCUT2D eigenvalue weighted by Gasteiger charge is 2.57. The molecular formula is C23H28N4O4. The molecule has 3 saturated carbocycles. The number of amides is 2. The van der Waals surface area contributed by atoms with Crippen LogP contribution in [0, 0.1) is 24.7 Å². The van der Waals surface area contributed by atoms with Gasteiger partial charge in [-0.2, -0.15) is 5.10 Å². The maximum absolute atomic E-state index is 12.9. The zero-order valence-electron chi connectivity index (χ0n) is 17.9. The van der Waals surface area contributed by atoms with E-state index in [1.165, 1.54) is 0 Å². The Balaban J connectivity index is 1.27. The summed E-state index contributed by atoms with van der Waals surface area (Å²) < 4.78 is 13.6. The largest absolute Gasteiger partial charge is 0.497 e. The Kier molecular flexibility index (Phi) is 4.87. The first-order valence-corrected chi connectivity index (χ1v) is 10.9. The summed E-state index contributed by atoms with van der Waals surface area (Å²) in [4.78, 5) is 25.7. The highest BCUT2D eigenvalue weighted by molar-refractivity contribution is 5.98. The van der Waals surface area contributed by atoms with Crippen molar-refractivity contribution in [2.75, 3.05) is 13.7 Å². The number of rotatable bonds is 5. The lowest BCUT2D eigenvalue weighted by Crippen LogP contribution is -2.67. The number of benzene rings is 1. The van der Waals surface area contributed by atoms with Gasteiger partial charge in [-0.05, 0) is 50.3 Å². The SMILES string of the molecule is COc1ccc2c(c1)O[C@]1(C[C@H]3CC[C@H]1C[C@@H]3C(=O)NCCn1nccc1C)NC2=O. The molecule has 4 aliphatic rings. The third-order valence-electron chi connectivity index (χ3n) is 7.16. The first kappa shape index (κ1) is 19.9. The summed E-state index contributed by atoms with van der Waals surface area (Å²) in [5.41, 5.74) is 0.869. The van der Waals surface area contributed by atoms with E-state index in [9.17, 15) is 9.59 Å². The first-order valence-electron chi connectivity index (χ1n) is 10.9. The van der Waals surface area contributed by atoms with Gasteiger partial charge in [0.25, 0.3) is 5.91 Å². The topological polar surface area (TPSA) is 94.5 Å². The Labute approximate surface area is 181 Å². The summed E-state index contributed by atoms with van der Waals surface area (Å²) in [6.45, 7) is 3.22. The number of hydrogen-bond donors (Lipinski definition) is 2. The van der Waals surface area contributed by atoms with Gasteiger partial charge in [-0.3, -0.25) is 14.3 Å². The van der Waals surface area contributed by atoms with Crippen LogP contribution in [0.5, 0.6) is 11.5 Å². The quantitative estimate of drug-likeness (QED) is 0.768. The highest BCUT2D eigenvalue weighted by atomic mass is 16.5. The molecule has 1 aliphatic heterocycles. The number of hydrogen-bond acceptors (Lipinski definition) is 5. The Morgan fingerprint density at radius 3 is 2.97 bits per heavy atom. The number of nitrogens with one attached hydrogen (secondary N) is 2. The zero-order chi connectivity index (χ0) is 21.6. The first-order chi connectivity index (χ1) is 15.0. The van der Waals surface area contributed by atoms with E-state index in [0.29, 0.717) is 36.6 Å². The Morgan fingerprint density at radius 2 is 2.26 bits per heavy atom. The lowest BCUT2D eigenvalue weighted by Gasteiger charge is -2.55. The molecule has 3 fully saturated rings. The fraction of sp³-hybridized carbons (Fsp3) is 0.522. The van der Waals surface area contributed by atoms with Crippen molar-refractivity contribution in [2.24, 2.45) is 17.8 Å². The normalized spacial score (nSPS) is 28.6. The number of ether oxygens (including phenoxy) is 2. The molecule has 4 atom stereocenters. The van der Waals surface area contributed by atoms with E-state index in [-0.39, 0.29) is 29.6 Å². The van der Waals surface area contributed by atoms with Crippen LogP contribution >= 0.6 is 0 Å². The maximum atomic E-state index is 12.9. The molecule has 8 heteroatoms. The van der Waals surface area contributed by atoms with Crippen LogP contribution in [0.1, 0.15) is 41.7 Å².